The number of nitrogens with one attached hydrogen (secondary N) is 1. The molecule has 1 aromatic carbocycles. The van der Waals surface area contributed by atoms with Crippen molar-refractivity contribution in [3.63, 3.8) is 0 Å². The summed E-state index contributed by atoms with van der Waals surface area (Å²) in [5.74, 6) is -1.12. The monoisotopic (exact) mass is 293 g/mol. The van der Waals surface area contributed by atoms with Crippen LogP contribution in [-0.4, -0.2) is 9.36 Å². The predicted octanol–water partition coefficient (Wildman–Crippen LogP) is 3.82. The lowest BCUT2D eigenvalue weighted by Crippen LogP contribution is -2.07. The molecule has 0 fully saturated rings. The van der Waals surface area contributed by atoms with Crippen LogP contribution in [0.25, 0.3) is 0 Å². The fourth-order valence-electron chi connectivity index (χ4n) is 1.19. The first-order valence-electron chi connectivity index (χ1n) is 4.84. The van der Waals surface area contributed by atoms with Crippen molar-refractivity contribution in [2.24, 2.45) is 0 Å². The second kappa shape index (κ2) is 5.11. The van der Waals surface area contributed by atoms with Crippen LogP contribution >= 0.6 is 23.1 Å². The van der Waals surface area contributed by atoms with Crippen molar-refractivity contribution in [2.45, 2.75) is 12.7 Å². The van der Waals surface area contributed by atoms with E-state index in [0.717, 1.165) is 5.56 Å². The van der Waals surface area contributed by atoms with E-state index in [4.69, 9.17) is 11.6 Å². The molecule has 0 aliphatic carbocycles. The summed E-state index contributed by atoms with van der Waals surface area (Å²) in [5, 5.41) is 3.52. The number of halogens is 4. The van der Waals surface area contributed by atoms with Gasteiger partial charge in [0.25, 0.3) is 0 Å². The summed E-state index contributed by atoms with van der Waals surface area (Å²) in [6.07, 6.45) is -4.50. The highest BCUT2D eigenvalue weighted by atomic mass is 35.5. The van der Waals surface area contributed by atoms with Crippen molar-refractivity contribution < 1.29 is 13.2 Å². The molecule has 3 nitrogen and oxygen atoms in total. The van der Waals surface area contributed by atoms with Crippen molar-refractivity contribution in [1.29, 1.82) is 0 Å². The van der Waals surface area contributed by atoms with Crippen molar-refractivity contribution >= 4 is 28.3 Å². The van der Waals surface area contributed by atoms with Gasteiger partial charge in [0, 0.05) is 23.1 Å². The SMILES string of the molecule is FC(F)(F)c1nsc(NCc2ccc(Cl)cc2)n1. The molecule has 0 bridgehead atoms. The Bertz CT molecular complexity index is 524. The number of alkyl halides is 3. The molecule has 0 saturated carbocycles. The first-order chi connectivity index (χ1) is 8.45. The Morgan fingerprint density at radius 2 is 1.89 bits per heavy atom. The van der Waals surface area contributed by atoms with Crippen LogP contribution < -0.4 is 5.32 Å². The maximum absolute atomic E-state index is 12.2. The first-order valence-corrected chi connectivity index (χ1v) is 5.99. The Balaban J connectivity index is 1.98. The Hall–Kier alpha value is -1.34. The van der Waals surface area contributed by atoms with E-state index in [-0.39, 0.29) is 5.13 Å². The van der Waals surface area contributed by atoms with E-state index in [1.54, 1.807) is 24.3 Å². The molecule has 0 amide bonds. The maximum Gasteiger partial charge on any atom is 0.452 e. The molecule has 96 valence electrons. The fourth-order valence-corrected chi connectivity index (χ4v) is 1.90. The van der Waals surface area contributed by atoms with E-state index in [0.29, 0.717) is 23.1 Å². The van der Waals surface area contributed by atoms with Gasteiger partial charge in [-0.25, -0.2) is 0 Å². The van der Waals surface area contributed by atoms with Gasteiger partial charge in [0.1, 0.15) is 0 Å². The summed E-state index contributed by atoms with van der Waals surface area (Å²) in [4.78, 5) is 3.36. The van der Waals surface area contributed by atoms with Crippen molar-refractivity contribution in [3.05, 3.63) is 40.7 Å². The molecular formula is C10H7ClF3N3S. The molecule has 2 rings (SSSR count). The lowest BCUT2D eigenvalue weighted by molar-refractivity contribution is -0.144. The number of benzene rings is 1. The molecular weight excluding hydrogens is 287 g/mol. The normalized spacial score (nSPS) is 11.6. The highest BCUT2D eigenvalue weighted by Gasteiger charge is 2.36. The zero-order valence-electron chi connectivity index (χ0n) is 8.83. The molecule has 0 unspecified atom stereocenters. The second-order valence-corrected chi connectivity index (χ2v) is 4.59. The third kappa shape index (κ3) is 3.33. The smallest absolute Gasteiger partial charge is 0.356 e. The molecule has 0 aliphatic heterocycles. The Kier molecular flexibility index (Phi) is 3.72. The summed E-state index contributed by atoms with van der Waals surface area (Å²) < 4.78 is 40.0. The molecule has 2 aromatic rings. The van der Waals surface area contributed by atoms with E-state index in [9.17, 15) is 13.2 Å². The van der Waals surface area contributed by atoms with Gasteiger partial charge in [-0.05, 0) is 17.7 Å². The van der Waals surface area contributed by atoms with Crippen molar-refractivity contribution in [1.82, 2.24) is 9.36 Å². The van der Waals surface area contributed by atoms with Gasteiger partial charge >= 0.3 is 6.18 Å². The van der Waals surface area contributed by atoms with Crippen LogP contribution in [0.4, 0.5) is 18.3 Å². The van der Waals surface area contributed by atoms with Crippen LogP contribution in [0.2, 0.25) is 5.02 Å². The summed E-state index contributed by atoms with van der Waals surface area (Å²) >= 11 is 6.40. The third-order valence-corrected chi connectivity index (χ3v) is 2.96. The fraction of sp³-hybridized carbons (Fsp3) is 0.200. The molecule has 0 radical (unpaired) electrons. The van der Waals surface area contributed by atoms with Crippen LogP contribution in [0, 0.1) is 0 Å². The first kappa shape index (κ1) is 13.1. The maximum atomic E-state index is 12.2. The van der Waals surface area contributed by atoms with Crippen LogP contribution in [0.3, 0.4) is 0 Å². The van der Waals surface area contributed by atoms with Gasteiger partial charge in [0.2, 0.25) is 11.0 Å². The number of aromatic nitrogens is 2. The lowest BCUT2D eigenvalue weighted by Gasteiger charge is -2.02. The van der Waals surface area contributed by atoms with Crippen LogP contribution in [-0.2, 0) is 12.7 Å². The van der Waals surface area contributed by atoms with Gasteiger partial charge in [-0.15, -0.1) is 0 Å². The van der Waals surface area contributed by atoms with Crippen molar-refractivity contribution in [2.75, 3.05) is 5.32 Å². The molecule has 1 heterocycles. The molecule has 1 aromatic heterocycles. The standard InChI is InChI=1S/C10H7ClF3N3S/c11-7-3-1-6(2-4-7)5-15-9-16-8(17-18-9)10(12,13)14/h1-4H,5H2,(H,15,16,17). The van der Waals surface area contributed by atoms with Crippen molar-refractivity contribution in [3.8, 4) is 0 Å². The second-order valence-electron chi connectivity index (χ2n) is 3.40. The van der Waals surface area contributed by atoms with E-state index in [2.05, 4.69) is 14.7 Å². The molecule has 0 saturated heterocycles. The number of rotatable bonds is 3. The van der Waals surface area contributed by atoms with Gasteiger partial charge in [-0.3, -0.25) is 0 Å². The number of hydrogen-bond acceptors (Lipinski definition) is 4. The quantitative estimate of drug-likeness (QED) is 0.935. The van der Waals surface area contributed by atoms with E-state index in [1.165, 1.54) is 0 Å². The zero-order chi connectivity index (χ0) is 13.2. The minimum Gasteiger partial charge on any atom is -0.356 e. The summed E-state index contributed by atoms with van der Waals surface area (Å²) in [5.41, 5.74) is 0.892. The zero-order valence-corrected chi connectivity index (χ0v) is 10.4. The van der Waals surface area contributed by atoms with Gasteiger partial charge in [0.15, 0.2) is 0 Å². The Labute approximate surface area is 110 Å². The summed E-state index contributed by atoms with van der Waals surface area (Å²) in [6, 6.07) is 6.97. The number of anilines is 1. The minimum absolute atomic E-state index is 0.136. The third-order valence-electron chi connectivity index (χ3n) is 2.04. The number of hydrogen-bond donors (Lipinski definition) is 1. The lowest BCUT2D eigenvalue weighted by atomic mass is 10.2. The highest BCUT2D eigenvalue weighted by Crippen LogP contribution is 2.29. The molecule has 1 N–H and O–H groups in total. The largest absolute Gasteiger partial charge is 0.452 e. The number of nitrogens with zero attached hydrogens (tertiary/aromatic N) is 2. The highest BCUT2D eigenvalue weighted by molar-refractivity contribution is 7.09. The Morgan fingerprint density at radius 3 is 2.44 bits per heavy atom. The predicted molar refractivity (Wildman–Crippen MR) is 63.7 cm³/mol. The van der Waals surface area contributed by atoms with E-state index < -0.39 is 12.0 Å². The summed E-state index contributed by atoms with van der Waals surface area (Å²) in [7, 11) is 0. The van der Waals surface area contributed by atoms with Gasteiger partial charge in [0.05, 0.1) is 0 Å². The molecule has 0 aliphatic rings. The topological polar surface area (TPSA) is 37.8 Å². The van der Waals surface area contributed by atoms with Gasteiger partial charge in [-0.1, -0.05) is 23.7 Å². The van der Waals surface area contributed by atoms with Gasteiger partial charge in [-0.2, -0.15) is 22.5 Å². The van der Waals surface area contributed by atoms with Crippen LogP contribution in [0.15, 0.2) is 24.3 Å². The average molecular weight is 294 g/mol. The van der Waals surface area contributed by atoms with Crippen LogP contribution in [0.1, 0.15) is 11.4 Å². The molecule has 18 heavy (non-hydrogen) atoms. The Morgan fingerprint density at radius 1 is 1.22 bits per heavy atom. The molecule has 0 spiro atoms. The molecule has 0 atom stereocenters. The van der Waals surface area contributed by atoms with Crippen LogP contribution in [0.5, 0.6) is 0 Å². The average Bonchev–Trinajstić information content (AvgIpc) is 2.77. The summed E-state index contributed by atoms with van der Waals surface area (Å²) in [6.45, 7) is 0.365. The molecule has 8 heteroatoms. The minimum atomic E-state index is -4.50. The van der Waals surface area contributed by atoms with E-state index >= 15 is 0 Å². The van der Waals surface area contributed by atoms with E-state index in [1.807, 2.05) is 0 Å². The van der Waals surface area contributed by atoms with Gasteiger partial charge < -0.3 is 5.32 Å².